The number of rotatable bonds is 3. The van der Waals surface area contributed by atoms with Crippen LogP contribution in [-0.4, -0.2) is 4.98 Å². The van der Waals surface area contributed by atoms with Crippen molar-refractivity contribution in [3.8, 4) is 0 Å². The molecular weight excluding hydrogens is 315 g/mol. The molecule has 1 aromatic heterocycles. The number of aromatic nitrogens is 1. The van der Waals surface area contributed by atoms with Crippen LogP contribution in [0.15, 0.2) is 28.2 Å². The third-order valence-corrected chi connectivity index (χ3v) is 3.70. The number of hydrogen-bond acceptors (Lipinski definition) is 3. The lowest BCUT2D eigenvalue weighted by molar-refractivity contribution is 0.627. The topological polar surface area (TPSA) is 24.9 Å². The highest BCUT2D eigenvalue weighted by atomic mass is 79.9. The average molecular weight is 322 g/mol. The molecule has 0 atom stereocenters. The maximum atomic E-state index is 12.9. The molecule has 6 heteroatoms. The molecule has 0 unspecified atom stereocenters. The van der Waals surface area contributed by atoms with Crippen molar-refractivity contribution >= 4 is 44.0 Å². The summed E-state index contributed by atoms with van der Waals surface area (Å²) in [7, 11) is 0. The summed E-state index contributed by atoms with van der Waals surface area (Å²) in [5.41, 5.74) is 0.915. The van der Waals surface area contributed by atoms with E-state index in [0.29, 0.717) is 6.54 Å². The fraction of sp³-hybridized carbons (Fsp3) is 0.100. The Labute approximate surface area is 110 Å². The average Bonchev–Trinajstić information content (AvgIpc) is 2.66. The lowest BCUT2D eigenvalue weighted by atomic mass is 10.2. The summed E-state index contributed by atoms with van der Waals surface area (Å²) in [5.74, 6) is -0.401. The van der Waals surface area contributed by atoms with Crippen molar-refractivity contribution in [2.75, 3.05) is 5.32 Å². The van der Waals surface area contributed by atoms with Gasteiger partial charge in [0.05, 0.1) is 5.02 Å². The normalized spacial score (nSPS) is 10.4. The van der Waals surface area contributed by atoms with Gasteiger partial charge in [0.25, 0.3) is 0 Å². The first-order chi connectivity index (χ1) is 7.65. The van der Waals surface area contributed by atoms with Gasteiger partial charge in [-0.2, -0.15) is 0 Å². The van der Waals surface area contributed by atoms with E-state index in [1.54, 1.807) is 12.1 Å². The molecule has 0 aliphatic heterocycles. The van der Waals surface area contributed by atoms with Crippen LogP contribution in [0.3, 0.4) is 0 Å². The zero-order valence-electron chi connectivity index (χ0n) is 8.01. The highest BCUT2D eigenvalue weighted by Crippen LogP contribution is 2.21. The summed E-state index contributed by atoms with van der Waals surface area (Å²) in [6, 6.07) is 4.65. The standard InChI is InChI=1S/C10H7BrClFN2S/c11-9-5-16-10(15-9)14-4-6-1-2-8(13)7(12)3-6/h1-3,5H,4H2,(H,14,15). The Hall–Kier alpha value is -0.650. The van der Waals surface area contributed by atoms with Gasteiger partial charge in [-0.3, -0.25) is 0 Å². The highest BCUT2D eigenvalue weighted by Gasteiger charge is 2.02. The number of halogens is 3. The molecule has 2 aromatic rings. The third-order valence-electron chi connectivity index (χ3n) is 1.90. The van der Waals surface area contributed by atoms with Gasteiger partial charge in [0.15, 0.2) is 5.13 Å². The van der Waals surface area contributed by atoms with Gasteiger partial charge >= 0.3 is 0 Å². The summed E-state index contributed by atoms with van der Waals surface area (Å²) in [5, 5.41) is 5.96. The van der Waals surface area contributed by atoms with Crippen LogP contribution in [0, 0.1) is 5.82 Å². The highest BCUT2D eigenvalue weighted by molar-refractivity contribution is 9.10. The number of benzene rings is 1. The minimum absolute atomic E-state index is 0.139. The van der Waals surface area contributed by atoms with E-state index in [4.69, 9.17) is 11.6 Å². The van der Waals surface area contributed by atoms with Crippen molar-refractivity contribution in [3.05, 3.63) is 44.6 Å². The Morgan fingerprint density at radius 1 is 1.50 bits per heavy atom. The first-order valence-electron chi connectivity index (χ1n) is 4.44. The van der Waals surface area contributed by atoms with Crippen LogP contribution in [0.4, 0.5) is 9.52 Å². The molecule has 0 fully saturated rings. The molecule has 2 rings (SSSR count). The van der Waals surface area contributed by atoms with Gasteiger partial charge in [-0.25, -0.2) is 9.37 Å². The quantitative estimate of drug-likeness (QED) is 0.911. The van der Waals surface area contributed by atoms with E-state index in [0.717, 1.165) is 15.3 Å². The van der Waals surface area contributed by atoms with Crippen LogP contribution in [0.25, 0.3) is 0 Å². The molecule has 1 aromatic carbocycles. The fourth-order valence-corrected chi connectivity index (χ4v) is 2.51. The van der Waals surface area contributed by atoms with E-state index in [-0.39, 0.29) is 5.02 Å². The SMILES string of the molecule is Fc1ccc(CNc2nc(Br)cs2)cc1Cl. The maximum absolute atomic E-state index is 12.9. The second-order valence-electron chi connectivity index (χ2n) is 3.08. The van der Waals surface area contributed by atoms with Crippen LogP contribution >= 0.6 is 38.9 Å². The molecule has 0 bridgehead atoms. The van der Waals surface area contributed by atoms with Crippen LogP contribution in [0.2, 0.25) is 5.02 Å². The van der Waals surface area contributed by atoms with Gasteiger partial charge in [-0.05, 0) is 33.6 Å². The van der Waals surface area contributed by atoms with Gasteiger partial charge < -0.3 is 5.32 Å². The van der Waals surface area contributed by atoms with Crippen LogP contribution < -0.4 is 5.32 Å². The summed E-state index contributed by atoms with van der Waals surface area (Å²) in [6.45, 7) is 0.569. The summed E-state index contributed by atoms with van der Waals surface area (Å²) in [6.07, 6.45) is 0. The van der Waals surface area contributed by atoms with Crippen molar-refractivity contribution in [3.63, 3.8) is 0 Å². The minimum atomic E-state index is -0.401. The fourth-order valence-electron chi connectivity index (χ4n) is 1.16. The van der Waals surface area contributed by atoms with Crippen molar-refractivity contribution in [2.24, 2.45) is 0 Å². The number of nitrogens with zero attached hydrogens (tertiary/aromatic N) is 1. The summed E-state index contributed by atoms with van der Waals surface area (Å²) < 4.78 is 13.7. The Morgan fingerprint density at radius 2 is 2.31 bits per heavy atom. The Bertz CT molecular complexity index is 503. The third kappa shape index (κ3) is 2.93. The minimum Gasteiger partial charge on any atom is -0.357 e. The zero-order valence-corrected chi connectivity index (χ0v) is 11.2. The summed E-state index contributed by atoms with van der Waals surface area (Å²) in [4.78, 5) is 4.18. The van der Waals surface area contributed by atoms with Crippen LogP contribution in [0.5, 0.6) is 0 Å². The number of anilines is 1. The van der Waals surface area contributed by atoms with E-state index in [9.17, 15) is 4.39 Å². The molecular formula is C10H7BrClFN2S. The molecule has 1 heterocycles. The van der Waals surface area contributed by atoms with Gasteiger partial charge in [-0.15, -0.1) is 11.3 Å². The van der Waals surface area contributed by atoms with Gasteiger partial charge in [0.2, 0.25) is 0 Å². The molecule has 16 heavy (non-hydrogen) atoms. The largest absolute Gasteiger partial charge is 0.357 e. The zero-order chi connectivity index (χ0) is 11.5. The number of nitrogens with one attached hydrogen (secondary N) is 1. The van der Waals surface area contributed by atoms with E-state index >= 15 is 0 Å². The number of hydrogen-bond donors (Lipinski definition) is 1. The predicted octanol–water partition coefficient (Wildman–Crippen LogP) is 4.31. The van der Waals surface area contributed by atoms with E-state index in [1.807, 2.05) is 5.38 Å². The molecule has 0 aliphatic carbocycles. The van der Waals surface area contributed by atoms with Crippen molar-refractivity contribution in [2.45, 2.75) is 6.54 Å². The molecule has 0 amide bonds. The molecule has 0 aliphatic rings. The van der Waals surface area contributed by atoms with Crippen LogP contribution in [-0.2, 0) is 6.54 Å². The predicted molar refractivity (Wildman–Crippen MR) is 68.6 cm³/mol. The second kappa shape index (κ2) is 5.12. The second-order valence-corrected chi connectivity index (χ2v) is 5.16. The lowest BCUT2D eigenvalue weighted by Crippen LogP contribution is -1.99. The maximum Gasteiger partial charge on any atom is 0.184 e. The first kappa shape index (κ1) is 11.8. The van der Waals surface area contributed by atoms with Gasteiger partial charge in [0.1, 0.15) is 10.4 Å². The molecule has 1 N–H and O–H groups in total. The van der Waals surface area contributed by atoms with Crippen molar-refractivity contribution in [1.29, 1.82) is 0 Å². The van der Waals surface area contributed by atoms with E-state index in [2.05, 4.69) is 26.2 Å². The molecule has 0 spiro atoms. The Balaban J connectivity index is 2.02. The van der Waals surface area contributed by atoms with E-state index < -0.39 is 5.82 Å². The smallest absolute Gasteiger partial charge is 0.184 e. The first-order valence-corrected chi connectivity index (χ1v) is 6.49. The number of thiazole rings is 1. The molecule has 0 saturated heterocycles. The van der Waals surface area contributed by atoms with Crippen LogP contribution in [0.1, 0.15) is 5.56 Å². The van der Waals surface area contributed by atoms with Crippen molar-refractivity contribution in [1.82, 2.24) is 4.98 Å². The Kier molecular flexibility index (Phi) is 3.78. The van der Waals surface area contributed by atoms with Gasteiger partial charge in [-0.1, -0.05) is 17.7 Å². The van der Waals surface area contributed by atoms with Gasteiger partial charge in [0, 0.05) is 11.9 Å². The molecule has 84 valence electrons. The van der Waals surface area contributed by atoms with E-state index in [1.165, 1.54) is 17.4 Å². The monoisotopic (exact) mass is 320 g/mol. The summed E-state index contributed by atoms with van der Waals surface area (Å²) >= 11 is 10.4. The molecule has 2 nitrogen and oxygen atoms in total. The lowest BCUT2D eigenvalue weighted by Gasteiger charge is -2.03. The Morgan fingerprint density at radius 3 is 2.94 bits per heavy atom. The molecule has 0 radical (unpaired) electrons. The van der Waals surface area contributed by atoms with Crippen molar-refractivity contribution < 1.29 is 4.39 Å². The molecule has 0 saturated carbocycles.